The van der Waals surface area contributed by atoms with E-state index < -0.39 is 17.4 Å². The molecule has 0 saturated carbocycles. The van der Waals surface area contributed by atoms with Crippen LogP contribution >= 0.6 is 23.2 Å². The van der Waals surface area contributed by atoms with Crippen LogP contribution in [0.2, 0.25) is 10.0 Å². The van der Waals surface area contributed by atoms with Gasteiger partial charge in [-0.25, -0.2) is 0 Å². The van der Waals surface area contributed by atoms with Crippen LogP contribution in [0.1, 0.15) is 17.0 Å². The van der Waals surface area contributed by atoms with E-state index in [1.807, 2.05) is 18.2 Å². The molecule has 0 radical (unpaired) electrons. The number of aliphatic imine (C=N–C) groups is 1. The van der Waals surface area contributed by atoms with Crippen molar-refractivity contribution in [2.45, 2.75) is 11.5 Å². The molecule has 0 spiro atoms. The number of halogens is 2. The molecule has 0 saturated heterocycles. The second-order valence-corrected chi connectivity index (χ2v) is 6.11. The summed E-state index contributed by atoms with van der Waals surface area (Å²) in [5.74, 6) is -1.86. The molecule has 0 aromatic heterocycles. The largest absolute Gasteiger partial charge is 0.481 e. The Balaban J connectivity index is 2.23. The third-order valence-corrected chi connectivity index (χ3v) is 4.45. The fourth-order valence-electron chi connectivity index (χ4n) is 2.93. The molecule has 0 aliphatic carbocycles. The first-order valence-corrected chi connectivity index (χ1v) is 7.76. The Bertz CT molecular complexity index is 788. The van der Waals surface area contributed by atoms with Crippen molar-refractivity contribution in [1.29, 1.82) is 0 Å². The van der Waals surface area contributed by atoms with Crippen molar-refractivity contribution in [1.82, 2.24) is 0 Å². The molecular weight excluding hydrogens is 333 g/mol. The van der Waals surface area contributed by atoms with Crippen molar-refractivity contribution >= 4 is 35.4 Å². The molecular formula is C18H13Cl2NO2. The highest BCUT2D eigenvalue weighted by molar-refractivity contribution is 6.35. The predicted molar refractivity (Wildman–Crippen MR) is 92.6 cm³/mol. The second-order valence-electron chi connectivity index (χ2n) is 5.27. The summed E-state index contributed by atoms with van der Waals surface area (Å²) in [6.45, 7) is 0. The Morgan fingerprint density at radius 3 is 2.43 bits per heavy atom. The summed E-state index contributed by atoms with van der Waals surface area (Å²) in [5, 5.41) is 10.8. The van der Waals surface area contributed by atoms with Gasteiger partial charge in [-0.3, -0.25) is 9.79 Å². The molecule has 1 heterocycles. The number of hydrogen-bond donors (Lipinski definition) is 1. The summed E-state index contributed by atoms with van der Waals surface area (Å²) >= 11 is 12.3. The lowest BCUT2D eigenvalue weighted by Crippen LogP contribution is -2.34. The van der Waals surface area contributed by atoms with E-state index in [0.717, 1.165) is 0 Å². The average Bonchev–Trinajstić information content (AvgIpc) is 2.98. The molecule has 2 atom stereocenters. The first kappa shape index (κ1) is 15.8. The summed E-state index contributed by atoms with van der Waals surface area (Å²) < 4.78 is 0. The van der Waals surface area contributed by atoms with Gasteiger partial charge in [-0.1, -0.05) is 59.6 Å². The maximum atomic E-state index is 12.1. The zero-order valence-electron chi connectivity index (χ0n) is 12.0. The molecule has 1 aliphatic rings. The van der Waals surface area contributed by atoms with Gasteiger partial charge in [0.25, 0.3) is 0 Å². The quantitative estimate of drug-likeness (QED) is 0.873. The number of aliphatic carboxylic acids is 1. The monoisotopic (exact) mass is 345 g/mol. The molecule has 1 aliphatic heterocycles. The Morgan fingerprint density at radius 1 is 1.13 bits per heavy atom. The molecule has 2 aromatic carbocycles. The van der Waals surface area contributed by atoms with Crippen LogP contribution in [0.15, 0.2) is 65.7 Å². The van der Waals surface area contributed by atoms with Gasteiger partial charge in [0.2, 0.25) is 0 Å². The van der Waals surface area contributed by atoms with Gasteiger partial charge in [-0.2, -0.15) is 0 Å². The van der Waals surface area contributed by atoms with Gasteiger partial charge in [0.15, 0.2) is 0 Å². The summed E-state index contributed by atoms with van der Waals surface area (Å²) in [4.78, 5) is 16.5. The van der Waals surface area contributed by atoms with Crippen LogP contribution in [0.5, 0.6) is 0 Å². The minimum Gasteiger partial charge on any atom is -0.481 e. The topological polar surface area (TPSA) is 49.7 Å². The summed E-state index contributed by atoms with van der Waals surface area (Å²) in [5.41, 5.74) is 0.189. The SMILES string of the molecule is O=C(O)C(c1ccccc1)C1(c2ccc(Cl)cc2Cl)C=CC=N1. The van der Waals surface area contributed by atoms with Gasteiger partial charge in [0.1, 0.15) is 11.5 Å². The van der Waals surface area contributed by atoms with Gasteiger partial charge >= 0.3 is 5.97 Å². The average molecular weight is 346 g/mol. The minimum absolute atomic E-state index is 0.392. The first-order chi connectivity index (χ1) is 11.0. The van der Waals surface area contributed by atoms with Crippen molar-refractivity contribution in [2.75, 3.05) is 0 Å². The van der Waals surface area contributed by atoms with E-state index in [4.69, 9.17) is 23.2 Å². The van der Waals surface area contributed by atoms with Crippen LogP contribution in [0.3, 0.4) is 0 Å². The van der Waals surface area contributed by atoms with Crippen molar-refractivity contribution in [3.05, 3.63) is 81.9 Å². The number of carbonyl (C=O) groups is 1. The lowest BCUT2D eigenvalue weighted by atomic mass is 9.75. The molecule has 2 unspecified atom stereocenters. The molecule has 0 amide bonds. The van der Waals surface area contributed by atoms with E-state index in [9.17, 15) is 9.90 Å². The number of carboxylic acids is 1. The zero-order valence-corrected chi connectivity index (χ0v) is 13.5. The van der Waals surface area contributed by atoms with Crippen molar-refractivity contribution < 1.29 is 9.90 Å². The van der Waals surface area contributed by atoms with Crippen molar-refractivity contribution in [2.24, 2.45) is 4.99 Å². The van der Waals surface area contributed by atoms with Crippen LogP contribution in [-0.4, -0.2) is 17.3 Å². The fraction of sp³-hybridized carbons (Fsp3) is 0.111. The van der Waals surface area contributed by atoms with Gasteiger partial charge in [-0.15, -0.1) is 0 Å². The molecule has 3 rings (SSSR count). The predicted octanol–water partition coefficient (Wildman–Crippen LogP) is 4.70. The zero-order chi connectivity index (χ0) is 16.4. The van der Waals surface area contributed by atoms with Gasteiger partial charge in [-0.05, 0) is 29.8 Å². The Hall–Kier alpha value is -2.10. The highest BCUT2D eigenvalue weighted by Gasteiger charge is 2.45. The van der Waals surface area contributed by atoms with E-state index >= 15 is 0 Å². The van der Waals surface area contributed by atoms with Gasteiger partial charge in [0.05, 0.1) is 0 Å². The maximum absolute atomic E-state index is 12.1. The van der Waals surface area contributed by atoms with E-state index in [1.54, 1.807) is 48.7 Å². The second kappa shape index (κ2) is 6.19. The maximum Gasteiger partial charge on any atom is 0.314 e. The Morgan fingerprint density at radius 2 is 1.87 bits per heavy atom. The Labute approximate surface area is 143 Å². The van der Waals surface area contributed by atoms with E-state index in [2.05, 4.69) is 4.99 Å². The van der Waals surface area contributed by atoms with E-state index in [-0.39, 0.29) is 0 Å². The number of carboxylic acid groups (broad SMARTS) is 1. The normalized spacial score (nSPS) is 20.6. The van der Waals surface area contributed by atoms with Crippen LogP contribution in [-0.2, 0) is 10.3 Å². The number of nitrogens with zero attached hydrogens (tertiary/aromatic N) is 1. The Kier molecular flexibility index (Phi) is 4.24. The summed E-state index contributed by atoms with van der Waals surface area (Å²) in [7, 11) is 0. The number of rotatable bonds is 4. The lowest BCUT2D eigenvalue weighted by Gasteiger charge is -2.32. The van der Waals surface area contributed by atoms with Crippen LogP contribution in [0.25, 0.3) is 0 Å². The lowest BCUT2D eigenvalue weighted by molar-refractivity contribution is -0.140. The molecule has 0 fully saturated rings. The summed E-state index contributed by atoms with van der Waals surface area (Å²) in [6.07, 6.45) is 5.11. The van der Waals surface area contributed by atoms with Crippen LogP contribution in [0.4, 0.5) is 0 Å². The van der Waals surface area contributed by atoms with Crippen molar-refractivity contribution in [3.8, 4) is 0 Å². The molecule has 1 N–H and O–H groups in total. The molecule has 3 nitrogen and oxygen atoms in total. The summed E-state index contributed by atoms with van der Waals surface area (Å²) in [6, 6.07) is 14.1. The van der Waals surface area contributed by atoms with Crippen molar-refractivity contribution in [3.63, 3.8) is 0 Å². The third-order valence-electron chi connectivity index (χ3n) is 3.91. The highest BCUT2D eigenvalue weighted by atomic mass is 35.5. The molecule has 23 heavy (non-hydrogen) atoms. The van der Waals surface area contributed by atoms with E-state index in [1.165, 1.54) is 0 Å². The fourth-order valence-corrected chi connectivity index (χ4v) is 3.49. The molecule has 116 valence electrons. The molecule has 0 bridgehead atoms. The van der Waals surface area contributed by atoms with Crippen LogP contribution in [0, 0.1) is 0 Å². The number of allylic oxidation sites excluding steroid dienone is 1. The molecule has 5 heteroatoms. The number of hydrogen-bond acceptors (Lipinski definition) is 2. The van der Waals surface area contributed by atoms with Crippen LogP contribution < -0.4 is 0 Å². The smallest absolute Gasteiger partial charge is 0.314 e. The van der Waals surface area contributed by atoms with Gasteiger partial charge < -0.3 is 5.11 Å². The molecule has 2 aromatic rings. The minimum atomic E-state index is -1.09. The first-order valence-electron chi connectivity index (χ1n) is 7.01. The standard InChI is InChI=1S/C18H13Cl2NO2/c19-13-7-8-14(15(20)11-13)18(9-4-10-21-18)16(17(22)23)12-5-2-1-3-6-12/h1-11,16H,(H,22,23). The number of benzene rings is 2. The van der Waals surface area contributed by atoms with Gasteiger partial charge in [0, 0.05) is 21.8 Å². The third kappa shape index (κ3) is 2.78. The van der Waals surface area contributed by atoms with E-state index in [0.29, 0.717) is 21.2 Å². The highest BCUT2D eigenvalue weighted by Crippen LogP contribution is 2.46.